The normalized spacial score (nSPS) is 30.5. The van der Waals surface area contributed by atoms with Gasteiger partial charge in [0.05, 0.1) is 0 Å². The third kappa shape index (κ3) is 6.25. The molecule has 166 valence electrons. The van der Waals surface area contributed by atoms with Gasteiger partial charge in [-0.2, -0.15) is 4.91 Å². The average molecular weight is 411 g/mol. The molecule has 0 heterocycles. The van der Waals surface area contributed by atoms with Crippen LogP contribution < -0.4 is 0 Å². The Kier molecular flexibility index (Phi) is 8.65. The van der Waals surface area contributed by atoms with E-state index >= 15 is 0 Å². The van der Waals surface area contributed by atoms with Gasteiger partial charge in [0.15, 0.2) is 0 Å². The van der Waals surface area contributed by atoms with Gasteiger partial charge in [-0.05, 0) is 89.5 Å². The molecule has 0 amide bonds. The highest BCUT2D eigenvalue weighted by Crippen LogP contribution is 2.49. The number of nitrogens with zero attached hydrogens (tertiary/aromatic N) is 2. The molecular formula is C27H42N2O. The van der Waals surface area contributed by atoms with E-state index in [1.807, 2.05) is 7.05 Å². The zero-order valence-corrected chi connectivity index (χ0v) is 19.5. The van der Waals surface area contributed by atoms with E-state index in [-0.39, 0.29) is 5.54 Å². The van der Waals surface area contributed by atoms with Crippen molar-refractivity contribution < 1.29 is 0 Å². The standard InChI is InChI=1S/C27H42N2O/c1-21(9-7-13-26(28-3)24-11-5-4-6-12-24)22(2)14-15-23-10-8-19-27(29-30,20-18-23)25-16-17-25/h7,13-15,23-25H,4-6,8-12,16-20H2,1-3H3/b13-7+,15-14+,22-21+,28-26+. The van der Waals surface area contributed by atoms with Crippen LogP contribution in [-0.4, -0.2) is 18.3 Å². The smallest absolute Gasteiger partial charge is 0.105 e. The van der Waals surface area contributed by atoms with Crippen LogP contribution in [0.4, 0.5) is 0 Å². The molecule has 0 bridgehead atoms. The first kappa shape index (κ1) is 23.2. The number of aliphatic imine (C=N–C) groups is 1. The predicted octanol–water partition coefficient (Wildman–Crippen LogP) is 7.97. The monoisotopic (exact) mass is 410 g/mol. The van der Waals surface area contributed by atoms with Crippen molar-refractivity contribution in [2.75, 3.05) is 7.05 Å². The van der Waals surface area contributed by atoms with Gasteiger partial charge in [0.25, 0.3) is 0 Å². The van der Waals surface area contributed by atoms with Crippen molar-refractivity contribution in [3.8, 4) is 0 Å². The van der Waals surface area contributed by atoms with E-state index < -0.39 is 0 Å². The van der Waals surface area contributed by atoms with Crippen LogP contribution in [0.3, 0.4) is 0 Å². The lowest BCUT2D eigenvalue weighted by atomic mass is 9.85. The Hall–Kier alpha value is -1.51. The summed E-state index contributed by atoms with van der Waals surface area (Å²) in [5, 5.41) is 3.65. The molecule has 2 atom stereocenters. The second kappa shape index (κ2) is 11.2. The molecule has 0 aromatic heterocycles. The summed E-state index contributed by atoms with van der Waals surface area (Å²) in [5.41, 5.74) is 3.86. The summed E-state index contributed by atoms with van der Waals surface area (Å²) in [4.78, 5) is 16.1. The fourth-order valence-corrected chi connectivity index (χ4v) is 5.49. The van der Waals surface area contributed by atoms with E-state index in [1.165, 1.54) is 68.2 Å². The molecule has 3 heteroatoms. The zero-order valence-electron chi connectivity index (χ0n) is 19.5. The molecule has 0 spiro atoms. The number of allylic oxidation sites excluding steroid dienone is 6. The third-order valence-corrected chi connectivity index (χ3v) is 7.94. The molecule has 3 aliphatic carbocycles. The minimum absolute atomic E-state index is 0.231. The Labute approximate surface area is 184 Å². The highest BCUT2D eigenvalue weighted by molar-refractivity contribution is 5.96. The lowest BCUT2D eigenvalue weighted by Crippen LogP contribution is -2.27. The van der Waals surface area contributed by atoms with Gasteiger partial charge in [0, 0.05) is 18.7 Å². The molecule has 3 fully saturated rings. The van der Waals surface area contributed by atoms with Crippen LogP contribution in [0.2, 0.25) is 0 Å². The fraction of sp³-hybridized carbons (Fsp3) is 0.741. The molecule has 3 rings (SSSR count). The molecule has 0 aromatic carbocycles. The van der Waals surface area contributed by atoms with Crippen LogP contribution in [0.25, 0.3) is 0 Å². The van der Waals surface area contributed by atoms with Crippen molar-refractivity contribution in [2.45, 2.75) is 103 Å². The summed E-state index contributed by atoms with van der Waals surface area (Å²) in [6.45, 7) is 4.47. The van der Waals surface area contributed by atoms with Gasteiger partial charge in [0.1, 0.15) is 5.54 Å². The van der Waals surface area contributed by atoms with Crippen molar-refractivity contribution in [3.63, 3.8) is 0 Å². The molecule has 2 unspecified atom stereocenters. The van der Waals surface area contributed by atoms with E-state index in [0.717, 1.165) is 32.1 Å². The first-order valence-corrected chi connectivity index (χ1v) is 12.4. The largest absolute Gasteiger partial charge is 0.293 e. The summed E-state index contributed by atoms with van der Waals surface area (Å²) < 4.78 is 0. The molecule has 3 saturated carbocycles. The quantitative estimate of drug-likeness (QED) is 0.173. The van der Waals surface area contributed by atoms with E-state index in [1.54, 1.807) is 0 Å². The second-order valence-corrected chi connectivity index (χ2v) is 10.1. The Morgan fingerprint density at radius 2 is 1.70 bits per heavy atom. The van der Waals surface area contributed by atoms with E-state index in [2.05, 4.69) is 48.3 Å². The van der Waals surface area contributed by atoms with Crippen LogP contribution >= 0.6 is 0 Å². The minimum Gasteiger partial charge on any atom is -0.293 e. The van der Waals surface area contributed by atoms with Crippen molar-refractivity contribution in [2.24, 2.45) is 27.9 Å². The Morgan fingerprint density at radius 1 is 0.933 bits per heavy atom. The van der Waals surface area contributed by atoms with Crippen LogP contribution in [0.15, 0.2) is 45.6 Å². The Balaban J connectivity index is 1.51. The Bertz CT molecular complexity index is 692. The second-order valence-electron chi connectivity index (χ2n) is 10.1. The summed E-state index contributed by atoms with van der Waals surface area (Å²) in [7, 11) is 1.94. The van der Waals surface area contributed by atoms with Gasteiger partial charge in [0.2, 0.25) is 0 Å². The van der Waals surface area contributed by atoms with Gasteiger partial charge in [-0.15, -0.1) is 0 Å². The maximum absolute atomic E-state index is 11.6. The van der Waals surface area contributed by atoms with Crippen LogP contribution in [0, 0.1) is 22.7 Å². The van der Waals surface area contributed by atoms with Crippen molar-refractivity contribution in [3.05, 3.63) is 40.4 Å². The zero-order chi connectivity index (χ0) is 21.4. The summed E-state index contributed by atoms with van der Waals surface area (Å²) >= 11 is 0. The van der Waals surface area contributed by atoms with Crippen LogP contribution in [0.1, 0.15) is 97.3 Å². The van der Waals surface area contributed by atoms with Gasteiger partial charge >= 0.3 is 0 Å². The number of hydrogen-bond acceptors (Lipinski definition) is 3. The maximum Gasteiger partial charge on any atom is 0.105 e. The molecule has 30 heavy (non-hydrogen) atoms. The average Bonchev–Trinajstić information content (AvgIpc) is 3.63. The first-order chi connectivity index (χ1) is 14.6. The van der Waals surface area contributed by atoms with E-state index in [9.17, 15) is 4.91 Å². The summed E-state index contributed by atoms with van der Waals surface area (Å²) in [6.07, 6.45) is 24.9. The van der Waals surface area contributed by atoms with Crippen LogP contribution in [0.5, 0.6) is 0 Å². The molecule has 3 aliphatic rings. The number of hydrogen-bond donors (Lipinski definition) is 0. The SMILES string of the molecule is C/N=C(\C=C\C/C(C)=C(C)/C=C/C1CCCC(N=O)(C2CC2)CC1)C1CCCCC1. The van der Waals surface area contributed by atoms with Crippen molar-refractivity contribution >= 4 is 5.71 Å². The summed E-state index contributed by atoms with van der Waals surface area (Å²) in [6, 6.07) is 0. The fourth-order valence-electron chi connectivity index (χ4n) is 5.49. The molecule has 0 saturated heterocycles. The Morgan fingerprint density at radius 3 is 2.37 bits per heavy atom. The van der Waals surface area contributed by atoms with Crippen molar-refractivity contribution in [1.82, 2.24) is 0 Å². The minimum atomic E-state index is -0.231. The van der Waals surface area contributed by atoms with Crippen molar-refractivity contribution in [1.29, 1.82) is 0 Å². The van der Waals surface area contributed by atoms with Gasteiger partial charge in [-0.25, -0.2) is 0 Å². The molecular weight excluding hydrogens is 368 g/mol. The van der Waals surface area contributed by atoms with Gasteiger partial charge in [-0.1, -0.05) is 60.2 Å². The molecule has 0 aliphatic heterocycles. The van der Waals surface area contributed by atoms with E-state index in [4.69, 9.17) is 0 Å². The highest BCUT2D eigenvalue weighted by Gasteiger charge is 2.47. The van der Waals surface area contributed by atoms with E-state index in [0.29, 0.717) is 17.8 Å². The predicted molar refractivity (Wildman–Crippen MR) is 129 cm³/mol. The van der Waals surface area contributed by atoms with Gasteiger partial charge < -0.3 is 0 Å². The summed E-state index contributed by atoms with van der Waals surface area (Å²) in [5.74, 6) is 1.85. The number of nitroso groups, excluding NO2 is 1. The maximum atomic E-state index is 11.6. The molecule has 0 N–H and O–H groups in total. The topological polar surface area (TPSA) is 41.8 Å². The molecule has 0 radical (unpaired) electrons. The lowest BCUT2D eigenvalue weighted by molar-refractivity contribution is 0.322. The number of rotatable bonds is 8. The highest BCUT2D eigenvalue weighted by atomic mass is 16.3. The molecule has 3 nitrogen and oxygen atoms in total. The van der Waals surface area contributed by atoms with Gasteiger partial charge in [-0.3, -0.25) is 4.99 Å². The molecule has 0 aromatic rings. The lowest BCUT2D eigenvalue weighted by Gasteiger charge is -2.24. The third-order valence-electron chi connectivity index (χ3n) is 7.94. The first-order valence-electron chi connectivity index (χ1n) is 12.4. The van der Waals surface area contributed by atoms with Crippen LogP contribution in [-0.2, 0) is 0 Å².